The van der Waals surface area contributed by atoms with Gasteiger partial charge in [0, 0.05) is 19.7 Å². The van der Waals surface area contributed by atoms with Gasteiger partial charge < -0.3 is 11.1 Å². The molecule has 6 heteroatoms. The average Bonchev–Trinajstić information content (AvgIpc) is 2.89. The van der Waals surface area contributed by atoms with E-state index in [0.717, 1.165) is 31.5 Å². The van der Waals surface area contributed by atoms with E-state index in [2.05, 4.69) is 10.4 Å². The number of nitrogens with zero attached hydrogens (tertiary/aromatic N) is 2. The second-order valence-corrected chi connectivity index (χ2v) is 4.49. The van der Waals surface area contributed by atoms with Crippen molar-refractivity contribution in [2.24, 2.45) is 18.2 Å². The number of nitrogens with one attached hydrogen (secondary N) is 1. The van der Waals surface area contributed by atoms with Gasteiger partial charge in [-0.25, -0.2) is 0 Å². The summed E-state index contributed by atoms with van der Waals surface area (Å²) in [6, 6.07) is 1.79. The molecule has 0 aromatic carbocycles. The molecule has 1 saturated carbocycles. The lowest BCUT2D eigenvalue weighted by Crippen LogP contribution is -2.40. The quantitative estimate of drug-likeness (QED) is 0.858. The highest BCUT2D eigenvalue weighted by Crippen LogP contribution is 2.38. The molecule has 96 valence electrons. The third-order valence-corrected chi connectivity index (χ3v) is 3.50. The zero-order valence-electron chi connectivity index (χ0n) is 9.98. The Hall–Kier alpha value is -1.07. The number of aromatic nitrogens is 2. The van der Waals surface area contributed by atoms with Crippen LogP contribution in [0.3, 0.4) is 0 Å². The van der Waals surface area contributed by atoms with Gasteiger partial charge in [0.15, 0.2) is 0 Å². The number of hydrogen-bond acceptors (Lipinski definition) is 3. The van der Waals surface area contributed by atoms with Crippen LogP contribution in [0.25, 0.3) is 0 Å². The molecule has 1 heterocycles. The van der Waals surface area contributed by atoms with Gasteiger partial charge in [0.05, 0.1) is 11.6 Å². The van der Waals surface area contributed by atoms with E-state index < -0.39 is 0 Å². The molecule has 0 radical (unpaired) electrons. The predicted molar refractivity (Wildman–Crippen MR) is 69.0 cm³/mol. The number of rotatable bonds is 3. The second kappa shape index (κ2) is 5.51. The Morgan fingerprint density at radius 2 is 2.24 bits per heavy atom. The Morgan fingerprint density at radius 1 is 1.59 bits per heavy atom. The maximum atomic E-state index is 12.2. The minimum absolute atomic E-state index is 0. The fraction of sp³-hybridized carbons (Fsp3) is 0.636. The Bertz CT molecular complexity index is 385. The van der Waals surface area contributed by atoms with E-state index in [-0.39, 0.29) is 23.7 Å². The van der Waals surface area contributed by atoms with Crippen molar-refractivity contribution in [2.45, 2.75) is 25.7 Å². The molecule has 1 amide bonds. The van der Waals surface area contributed by atoms with Crippen LogP contribution >= 0.6 is 12.4 Å². The van der Waals surface area contributed by atoms with Crippen molar-refractivity contribution in [3.63, 3.8) is 0 Å². The van der Waals surface area contributed by atoms with Gasteiger partial charge in [-0.3, -0.25) is 9.48 Å². The fourth-order valence-electron chi connectivity index (χ4n) is 2.32. The van der Waals surface area contributed by atoms with Gasteiger partial charge >= 0.3 is 0 Å². The normalized spacial score (nSPS) is 17.5. The van der Waals surface area contributed by atoms with E-state index in [1.54, 1.807) is 24.0 Å². The predicted octanol–water partition coefficient (Wildman–Crippen LogP) is 1.30. The highest BCUT2D eigenvalue weighted by Gasteiger charge is 2.39. The first kappa shape index (κ1) is 14.0. The van der Waals surface area contributed by atoms with Crippen LogP contribution in [-0.2, 0) is 11.8 Å². The Kier molecular flexibility index (Phi) is 4.54. The number of carbonyl (C=O) groups is 1. The number of aryl methyl sites for hydroxylation is 1. The highest BCUT2D eigenvalue weighted by atomic mass is 35.5. The van der Waals surface area contributed by atoms with Gasteiger partial charge in [0.2, 0.25) is 5.91 Å². The Labute approximate surface area is 107 Å². The van der Waals surface area contributed by atoms with E-state index >= 15 is 0 Å². The number of carbonyl (C=O) groups excluding carboxylic acids is 1. The third-order valence-electron chi connectivity index (χ3n) is 3.50. The van der Waals surface area contributed by atoms with Crippen LogP contribution in [-0.4, -0.2) is 22.2 Å². The zero-order valence-corrected chi connectivity index (χ0v) is 10.8. The summed E-state index contributed by atoms with van der Waals surface area (Å²) in [6.45, 7) is 0.427. The number of hydrogen-bond donors (Lipinski definition) is 2. The van der Waals surface area contributed by atoms with Crippen LogP contribution in [0.15, 0.2) is 12.3 Å². The van der Waals surface area contributed by atoms with Crippen molar-refractivity contribution in [3.8, 4) is 0 Å². The van der Waals surface area contributed by atoms with Crippen molar-refractivity contribution in [1.82, 2.24) is 9.78 Å². The minimum atomic E-state index is -0.357. The Morgan fingerprint density at radius 3 is 2.71 bits per heavy atom. The summed E-state index contributed by atoms with van der Waals surface area (Å²) in [5.41, 5.74) is 5.40. The van der Waals surface area contributed by atoms with Crippen LogP contribution < -0.4 is 11.1 Å². The lowest BCUT2D eigenvalue weighted by atomic mass is 9.85. The molecule has 2 rings (SSSR count). The standard InChI is InChI=1S/C11H18N4O.ClH/c1-15-9(4-7-13-15)14-10(16)11(8-12)5-2-3-6-11;/h4,7H,2-3,5-6,8,12H2,1H3,(H,14,16);1H. The SMILES string of the molecule is Cl.Cn1nccc1NC(=O)C1(CN)CCCC1. The fourth-order valence-corrected chi connectivity index (χ4v) is 2.32. The summed E-state index contributed by atoms with van der Waals surface area (Å²) >= 11 is 0. The van der Waals surface area contributed by atoms with E-state index in [1.807, 2.05) is 0 Å². The van der Waals surface area contributed by atoms with E-state index in [0.29, 0.717) is 6.54 Å². The molecule has 5 nitrogen and oxygen atoms in total. The van der Waals surface area contributed by atoms with Crippen LogP contribution in [0.4, 0.5) is 5.82 Å². The van der Waals surface area contributed by atoms with Gasteiger partial charge in [0.1, 0.15) is 5.82 Å². The topological polar surface area (TPSA) is 72.9 Å². The molecule has 0 saturated heterocycles. The molecule has 0 unspecified atom stereocenters. The van der Waals surface area contributed by atoms with Crippen molar-refractivity contribution in [2.75, 3.05) is 11.9 Å². The van der Waals surface area contributed by atoms with Gasteiger partial charge in [-0.2, -0.15) is 5.10 Å². The molecule has 0 atom stereocenters. The van der Waals surface area contributed by atoms with Crippen LogP contribution in [0, 0.1) is 5.41 Å². The molecule has 1 aromatic rings. The number of anilines is 1. The molecule has 0 bridgehead atoms. The zero-order chi connectivity index (χ0) is 11.6. The summed E-state index contributed by atoms with van der Waals surface area (Å²) < 4.78 is 1.65. The summed E-state index contributed by atoms with van der Waals surface area (Å²) in [7, 11) is 1.80. The van der Waals surface area contributed by atoms with Gasteiger partial charge in [-0.05, 0) is 12.8 Å². The van der Waals surface area contributed by atoms with Gasteiger partial charge in [-0.1, -0.05) is 12.8 Å². The number of halogens is 1. The molecular formula is C11H19ClN4O. The summed E-state index contributed by atoms with van der Waals surface area (Å²) in [5.74, 6) is 0.765. The van der Waals surface area contributed by atoms with Gasteiger partial charge in [0.25, 0.3) is 0 Å². The molecule has 3 N–H and O–H groups in total. The Balaban J connectivity index is 0.00000144. The van der Waals surface area contributed by atoms with Crippen LogP contribution in [0.5, 0.6) is 0 Å². The molecule has 1 fully saturated rings. The van der Waals surface area contributed by atoms with E-state index in [4.69, 9.17) is 5.73 Å². The van der Waals surface area contributed by atoms with E-state index in [9.17, 15) is 4.79 Å². The highest BCUT2D eigenvalue weighted by molar-refractivity contribution is 5.95. The van der Waals surface area contributed by atoms with Crippen molar-refractivity contribution in [3.05, 3.63) is 12.3 Å². The largest absolute Gasteiger partial charge is 0.329 e. The first-order valence-electron chi connectivity index (χ1n) is 5.67. The second-order valence-electron chi connectivity index (χ2n) is 4.49. The first-order valence-corrected chi connectivity index (χ1v) is 5.67. The number of amides is 1. The molecule has 17 heavy (non-hydrogen) atoms. The third kappa shape index (κ3) is 2.61. The first-order chi connectivity index (χ1) is 7.68. The van der Waals surface area contributed by atoms with Crippen molar-refractivity contribution in [1.29, 1.82) is 0 Å². The molecule has 1 aliphatic rings. The molecular weight excluding hydrogens is 240 g/mol. The summed E-state index contributed by atoms with van der Waals surface area (Å²) in [4.78, 5) is 12.2. The lowest BCUT2D eigenvalue weighted by molar-refractivity contribution is -0.124. The summed E-state index contributed by atoms with van der Waals surface area (Å²) in [5, 5.41) is 6.92. The molecule has 0 aliphatic heterocycles. The van der Waals surface area contributed by atoms with Crippen LogP contribution in [0.2, 0.25) is 0 Å². The lowest BCUT2D eigenvalue weighted by Gasteiger charge is -2.25. The maximum absolute atomic E-state index is 12.2. The van der Waals surface area contributed by atoms with Crippen molar-refractivity contribution >= 4 is 24.1 Å². The number of nitrogens with two attached hydrogens (primary N) is 1. The van der Waals surface area contributed by atoms with Gasteiger partial charge in [-0.15, -0.1) is 12.4 Å². The van der Waals surface area contributed by atoms with Crippen LogP contribution in [0.1, 0.15) is 25.7 Å². The monoisotopic (exact) mass is 258 g/mol. The maximum Gasteiger partial charge on any atom is 0.233 e. The molecule has 0 spiro atoms. The smallest absolute Gasteiger partial charge is 0.233 e. The summed E-state index contributed by atoms with van der Waals surface area (Å²) in [6.07, 6.45) is 5.64. The molecule has 1 aliphatic carbocycles. The average molecular weight is 259 g/mol. The van der Waals surface area contributed by atoms with Crippen molar-refractivity contribution < 1.29 is 4.79 Å². The van der Waals surface area contributed by atoms with E-state index in [1.165, 1.54) is 0 Å². The minimum Gasteiger partial charge on any atom is -0.329 e. The molecule has 1 aromatic heterocycles.